The van der Waals surface area contributed by atoms with Gasteiger partial charge in [-0.2, -0.15) is 8.42 Å². The van der Waals surface area contributed by atoms with Crippen molar-refractivity contribution in [1.29, 1.82) is 0 Å². The summed E-state index contributed by atoms with van der Waals surface area (Å²) in [7, 11) is -7.54. The molecule has 0 saturated carbocycles. The number of allylic oxidation sites excluding steroid dienone is 2. The minimum absolute atomic E-state index is 0.0243. The molecule has 1 saturated heterocycles. The third-order valence-electron chi connectivity index (χ3n) is 8.66. The van der Waals surface area contributed by atoms with Crippen molar-refractivity contribution in [1.82, 2.24) is 20.1 Å². The second-order valence-electron chi connectivity index (χ2n) is 13.4. The van der Waals surface area contributed by atoms with E-state index in [9.17, 15) is 41.1 Å². The van der Waals surface area contributed by atoms with Crippen molar-refractivity contribution in [2.75, 3.05) is 44.7 Å². The lowest BCUT2D eigenvalue weighted by Crippen LogP contribution is -2.50. The number of aromatic nitrogens is 1. The Balaban J connectivity index is 0.00000181. The van der Waals surface area contributed by atoms with E-state index in [2.05, 4.69) is 10.3 Å². The fourth-order valence-electron chi connectivity index (χ4n) is 5.99. The molecule has 0 unspecified atom stereocenters. The molecular formula is C35H54N4O12S2. The lowest BCUT2D eigenvalue weighted by Gasteiger charge is -2.31. The van der Waals surface area contributed by atoms with E-state index in [-0.39, 0.29) is 73.8 Å². The predicted octanol–water partition coefficient (Wildman–Crippen LogP) is 1.77. The lowest BCUT2D eigenvalue weighted by atomic mass is 9.94. The van der Waals surface area contributed by atoms with Crippen LogP contribution in [0.25, 0.3) is 0 Å². The van der Waals surface area contributed by atoms with Crippen molar-refractivity contribution in [3.05, 3.63) is 53.8 Å². The van der Waals surface area contributed by atoms with Crippen molar-refractivity contribution in [3.8, 4) is 0 Å². The van der Waals surface area contributed by atoms with Crippen LogP contribution in [0.1, 0.15) is 70.8 Å². The summed E-state index contributed by atoms with van der Waals surface area (Å²) in [6.45, 7) is 12.9. The number of carbonyl (C=O) groups excluding carboxylic acids is 4. The molecule has 0 radical (unpaired) electrons. The maximum Gasteiger partial charge on any atom is 0.330 e. The van der Waals surface area contributed by atoms with Crippen LogP contribution in [0.15, 0.2) is 46.6 Å². The van der Waals surface area contributed by atoms with Crippen molar-refractivity contribution < 1.29 is 54.8 Å². The van der Waals surface area contributed by atoms with E-state index in [1.807, 2.05) is 32.6 Å². The first-order chi connectivity index (χ1) is 24.7. The van der Waals surface area contributed by atoms with E-state index < -0.39 is 61.2 Å². The van der Waals surface area contributed by atoms with E-state index in [0.717, 1.165) is 11.2 Å². The Hall–Kier alpha value is -3.71. The van der Waals surface area contributed by atoms with E-state index in [1.165, 1.54) is 12.2 Å². The van der Waals surface area contributed by atoms with Gasteiger partial charge in [0.2, 0.25) is 11.8 Å². The van der Waals surface area contributed by atoms with Gasteiger partial charge in [0.05, 0.1) is 29.8 Å². The number of Topliss-reactive ketones (excluding diaryl/α,β-unsaturated/α-hetero) is 1. The van der Waals surface area contributed by atoms with Gasteiger partial charge in [-0.25, -0.2) is 18.2 Å². The number of nitrogens with zero attached hydrogens (tertiary/aromatic N) is 3. The number of sulfone groups is 1. The summed E-state index contributed by atoms with van der Waals surface area (Å²) < 4.78 is 64.8. The van der Waals surface area contributed by atoms with Crippen molar-refractivity contribution in [2.45, 2.75) is 84.3 Å². The van der Waals surface area contributed by atoms with Gasteiger partial charge in [-0.3, -0.25) is 18.9 Å². The Morgan fingerprint density at radius 1 is 1.09 bits per heavy atom. The molecule has 2 aliphatic heterocycles. The normalized spacial score (nSPS) is 26.5. The smallest absolute Gasteiger partial charge is 0.330 e. The highest BCUT2D eigenvalue weighted by Crippen LogP contribution is 2.30. The summed E-state index contributed by atoms with van der Waals surface area (Å²) in [5.41, 5.74) is 0.505. The minimum Gasteiger partial charge on any atom is -0.460 e. The highest BCUT2D eigenvalue weighted by atomic mass is 32.2. The van der Waals surface area contributed by atoms with E-state index in [4.69, 9.17) is 13.7 Å². The number of hydrogen-bond donors (Lipinski definition) is 3. The highest BCUT2D eigenvalue weighted by molar-refractivity contribution is 7.92. The summed E-state index contributed by atoms with van der Waals surface area (Å²) in [5, 5.41) is 11.9. The van der Waals surface area contributed by atoms with E-state index in [0.29, 0.717) is 24.9 Å². The number of ether oxygens (including phenoxy) is 1. The SMILES string of the molecule is CCN(CC)CCS(=O)(=O)[C@@H]1CCN2C(=O)c3coc(n3)CC(=O)C[C@H](O)/C=C(C)/C=C/CNC(=O)/C=C/[C@@H](C)[C@@H](C(C)C)OC(=O)[C@@H]12.CS(=O)(=O)O. The van der Waals surface area contributed by atoms with Crippen LogP contribution in [-0.2, 0) is 45.5 Å². The number of amides is 2. The van der Waals surface area contributed by atoms with Crippen molar-refractivity contribution >= 4 is 43.5 Å². The zero-order chi connectivity index (χ0) is 40.1. The topological polar surface area (TPSA) is 231 Å². The fourth-order valence-corrected chi connectivity index (χ4v) is 7.92. The van der Waals surface area contributed by atoms with Gasteiger partial charge in [0.25, 0.3) is 16.0 Å². The number of cyclic esters (lactones) is 1. The number of hydrogen-bond acceptors (Lipinski definition) is 13. The van der Waals surface area contributed by atoms with Crippen LogP contribution < -0.4 is 5.32 Å². The first-order valence-corrected chi connectivity index (χ1v) is 21.1. The number of carbonyl (C=O) groups is 4. The number of ketones is 1. The number of fused-ring (bicyclic) bond motifs is 3. The summed E-state index contributed by atoms with van der Waals surface area (Å²) in [5.74, 6) is -3.23. The van der Waals surface area contributed by atoms with Crippen LogP contribution in [0, 0.1) is 11.8 Å². The molecule has 5 atom stereocenters. The zero-order valence-corrected chi connectivity index (χ0v) is 33.1. The van der Waals surface area contributed by atoms with Gasteiger partial charge in [-0.05, 0) is 38.4 Å². The summed E-state index contributed by atoms with van der Waals surface area (Å²) in [6.07, 6.45) is 7.40. The van der Waals surface area contributed by atoms with Gasteiger partial charge < -0.3 is 29.4 Å². The average Bonchev–Trinajstić information content (AvgIpc) is 3.71. The van der Waals surface area contributed by atoms with E-state index in [1.54, 1.807) is 32.1 Å². The van der Waals surface area contributed by atoms with Gasteiger partial charge in [-0.15, -0.1) is 0 Å². The third-order valence-corrected chi connectivity index (χ3v) is 10.8. The molecule has 0 aromatic carbocycles. The van der Waals surface area contributed by atoms with Gasteiger partial charge in [0, 0.05) is 32.0 Å². The van der Waals surface area contributed by atoms with Crippen LogP contribution in [0.4, 0.5) is 0 Å². The Bertz CT molecular complexity index is 1720. The molecule has 2 bridgehead atoms. The molecule has 2 aliphatic rings. The predicted molar refractivity (Wildman–Crippen MR) is 197 cm³/mol. The van der Waals surface area contributed by atoms with Gasteiger partial charge in [0.1, 0.15) is 24.2 Å². The molecule has 3 N–H and O–H groups in total. The number of esters is 1. The summed E-state index contributed by atoms with van der Waals surface area (Å²) in [4.78, 5) is 60.3. The zero-order valence-electron chi connectivity index (χ0n) is 31.4. The maximum absolute atomic E-state index is 14.0. The first-order valence-electron chi connectivity index (χ1n) is 17.5. The average molecular weight is 787 g/mol. The third kappa shape index (κ3) is 15.3. The number of aliphatic hydroxyl groups is 1. The molecule has 1 aromatic heterocycles. The van der Waals surface area contributed by atoms with Crippen LogP contribution >= 0.6 is 0 Å². The van der Waals surface area contributed by atoms with Gasteiger partial charge in [-0.1, -0.05) is 64.5 Å². The molecule has 0 aliphatic carbocycles. The minimum atomic E-state index is -3.87. The second-order valence-corrected chi connectivity index (χ2v) is 17.2. The number of rotatable bonds is 7. The largest absolute Gasteiger partial charge is 0.460 e. The fraction of sp³-hybridized carbons (Fsp3) is 0.629. The van der Waals surface area contributed by atoms with Crippen molar-refractivity contribution in [3.63, 3.8) is 0 Å². The van der Waals surface area contributed by atoms with Crippen LogP contribution in [0.2, 0.25) is 0 Å². The Kier molecular flexibility index (Phi) is 17.7. The number of nitrogens with one attached hydrogen (secondary N) is 1. The Labute approximate surface area is 312 Å². The van der Waals surface area contributed by atoms with Crippen molar-refractivity contribution in [2.24, 2.45) is 11.8 Å². The quantitative estimate of drug-likeness (QED) is 0.264. The van der Waals surface area contributed by atoms with Crippen LogP contribution in [0.5, 0.6) is 0 Å². The molecule has 53 heavy (non-hydrogen) atoms. The lowest BCUT2D eigenvalue weighted by molar-refractivity contribution is -0.157. The maximum atomic E-state index is 14.0. The van der Waals surface area contributed by atoms with Crippen LogP contribution in [0.3, 0.4) is 0 Å². The summed E-state index contributed by atoms with van der Waals surface area (Å²) >= 11 is 0. The van der Waals surface area contributed by atoms with Gasteiger partial charge >= 0.3 is 5.97 Å². The molecule has 0 spiro atoms. The first kappa shape index (κ1) is 45.4. The molecule has 1 aromatic rings. The summed E-state index contributed by atoms with van der Waals surface area (Å²) in [6, 6.07) is -1.44. The van der Waals surface area contributed by atoms with E-state index >= 15 is 0 Å². The molecule has 298 valence electrons. The molecule has 16 nitrogen and oxygen atoms in total. The second kappa shape index (κ2) is 20.7. The highest BCUT2D eigenvalue weighted by Gasteiger charge is 2.50. The molecular weight excluding hydrogens is 733 g/mol. The number of oxazole rings is 1. The number of aliphatic hydroxyl groups excluding tert-OH is 1. The molecule has 3 heterocycles. The molecule has 3 rings (SSSR count). The van der Waals surface area contributed by atoms with Gasteiger partial charge in [0.15, 0.2) is 15.5 Å². The Morgan fingerprint density at radius 2 is 1.74 bits per heavy atom. The van der Waals surface area contributed by atoms with Crippen LogP contribution in [-0.4, -0.2) is 133 Å². The Morgan fingerprint density at radius 3 is 2.34 bits per heavy atom. The molecule has 2 amide bonds. The standard InChI is InChI=1S/C34H50N4O9S.CH4O3S/c1-7-37(8-2)16-17-48(44,45)28-13-15-38-31(28)34(43)47-32(22(3)4)24(6)11-12-29(41)35-14-9-10-23(5)18-25(39)19-26(40)20-30-36-27(21-46-30)33(38)42;1-5(2,3)4/h9-12,18,21-22,24-25,28,31-32,39H,7-8,13-17,19-20H2,1-6H3,(H,35,41);1H3,(H,2,3,4)/b10-9+,12-11+,23-18+;/t24-,25-,28-,31-,32-;/m1./s1. The monoisotopic (exact) mass is 786 g/mol. The molecule has 1 fully saturated rings. The molecule has 18 heteroatoms.